The lowest BCUT2D eigenvalue weighted by molar-refractivity contribution is 0.0292. The number of aryl methyl sites for hydroxylation is 3. The van der Waals surface area contributed by atoms with Crippen molar-refractivity contribution in [2.45, 2.75) is 53.6 Å². The second-order valence-corrected chi connectivity index (χ2v) is 7.53. The van der Waals surface area contributed by atoms with Gasteiger partial charge in [-0.3, -0.25) is 0 Å². The topological polar surface area (TPSA) is 41.9 Å². The van der Waals surface area contributed by atoms with Gasteiger partial charge in [0.05, 0.1) is 17.6 Å². The lowest BCUT2D eigenvalue weighted by Gasteiger charge is -2.23. The number of hydrogen-bond acceptors (Lipinski definition) is 3. The van der Waals surface area contributed by atoms with Crippen molar-refractivity contribution in [1.82, 2.24) is 4.90 Å². The van der Waals surface area contributed by atoms with Gasteiger partial charge in [-0.15, -0.1) is 0 Å². The predicted molar refractivity (Wildman–Crippen MR) is 117 cm³/mol. The molecule has 4 heteroatoms. The maximum absolute atomic E-state index is 12.8. The SMILES string of the molecule is CCN(C)/C=N/c1cc(C)c(C(=O)O[C@H](C)[C@H](C)c2ccccc2C)cc1C. The Morgan fingerprint density at radius 1 is 1.11 bits per heavy atom. The molecular weight excluding hydrogens is 348 g/mol. The average Bonchev–Trinajstić information content (AvgIpc) is 2.67. The van der Waals surface area contributed by atoms with Crippen molar-refractivity contribution in [2.75, 3.05) is 13.6 Å². The molecule has 0 aliphatic heterocycles. The molecule has 0 N–H and O–H groups in total. The molecule has 2 aromatic carbocycles. The summed E-state index contributed by atoms with van der Waals surface area (Å²) < 4.78 is 5.81. The fourth-order valence-electron chi connectivity index (χ4n) is 3.09. The minimum absolute atomic E-state index is 0.125. The van der Waals surface area contributed by atoms with E-state index in [1.165, 1.54) is 11.1 Å². The Balaban J connectivity index is 2.17. The summed E-state index contributed by atoms with van der Waals surface area (Å²) in [7, 11) is 1.98. The summed E-state index contributed by atoms with van der Waals surface area (Å²) in [4.78, 5) is 19.3. The van der Waals surface area contributed by atoms with E-state index in [9.17, 15) is 4.79 Å². The highest BCUT2D eigenvalue weighted by molar-refractivity contribution is 5.92. The largest absolute Gasteiger partial charge is 0.458 e. The Morgan fingerprint density at radius 2 is 1.79 bits per heavy atom. The van der Waals surface area contributed by atoms with E-state index in [4.69, 9.17) is 4.74 Å². The second-order valence-electron chi connectivity index (χ2n) is 7.53. The van der Waals surface area contributed by atoms with Crippen molar-refractivity contribution in [2.24, 2.45) is 4.99 Å². The molecule has 0 fully saturated rings. The first-order valence-electron chi connectivity index (χ1n) is 9.86. The lowest BCUT2D eigenvalue weighted by atomic mass is 9.92. The highest BCUT2D eigenvalue weighted by Crippen LogP contribution is 2.27. The van der Waals surface area contributed by atoms with E-state index in [0.29, 0.717) is 5.56 Å². The molecule has 0 radical (unpaired) electrons. The van der Waals surface area contributed by atoms with Crippen LogP contribution in [0.4, 0.5) is 5.69 Å². The highest BCUT2D eigenvalue weighted by Gasteiger charge is 2.22. The van der Waals surface area contributed by atoms with E-state index < -0.39 is 0 Å². The van der Waals surface area contributed by atoms with Gasteiger partial charge in [0.1, 0.15) is 6.10 Å². The first kappa shape index (κ1) is 21.7. The molecule has 0 amide bonds. The van der Waals surface area contributed by atoms with Crippen molar-refractivity contribution in [1.29, 1.82) is 0 Å². The number of carbonyl (C=O) groups excluding carboxylic acids is 1. The molecule has 0 aromatic heterocycles. The maximum Gasteiger partial charge on any atom is 0.338 e. The van der Waals surface area contributed by atoms with Crippen molar-refractivity contribution in [3.63, 3.8) is 0 Å². The van der Waals surface area contributed by atoms with Crippen LogP contribution in [0, 0.1) is 20.8 Å². The van der Waals surface area contributed by atoms with Crippen LogP contribution >= 0.6 is 0 Å². The predicted octanol–water partition coefficient (Wildman–Crippen LogP) is 5.57. The van der Waals surface area contributed by atoms with E-state index >= 15 is 0 Å². The summed E-state index contributed by atoms with van der Waals surface area (Å²) >= 11 is 0. The molecule has 0 saturated heterocycles. The van der Waals surface area contributed by atoms with Crippen molar-refractivity contribution in [3.8, 4) is 0 Å². The Kier molecular flexibility index (Phi) is 7.38. The van der Waals surface area contributed by atoms with Crippen LogP contribution in [0.5, 0.6) is 0 Å². The lowest BCUT2D eigenvalue weighted by Crippen LogP contribution is -2.22. The minimum Gasteiger partial charge on any atom is -0.458 e. The molecule has 28 heavy (non-hydrogen) atoms. The highest BCUT2D eigenvalue weighted by atomic mass is 16.5. The summed E-state index contributed by atoms with van der Waals surface area (Å²) in [5, 5.41) is 0. The van der Waals surface area contributed by atoms with E-state index in [1.807, 2.05) is 63.3 Å². The smallest absolute Gasteiger partial charge is 0.338 e. The molecule has 0 unspecified atom stereocenters. The van der Waals surface area contributed by atoms with Crippen LogP contribution in [0.3, 0.4) is 0 Å². The van der Waals surface area contributed by atoms with Gasteiger partial charge in [-0.1, -0.05) is 31.2 Å². The monoisotopic (exact) mass is 380 g/mol. The molecule has 2 aromatic rings. The van der Waals surface area contributed by atoms with Crippen molar-refractivity contribution in [3.05, 3.63) is 64.2 Å². The normalized spacial score (nSPS) is 13.4. The van der Waals surface area contributed by atoms with Crippen LogP contribution in [0.15, 0.2) is 41.4 Å². The molecule has 0 bridgehead atoms. The number of ether oxygens (including phenoxy) is 1. The summed E-state index contributed by atoms with van der Waals surface area (Å²) in [5.41, 5.74) is 5.72. The molecule has 0 aliphatic rings. The third-order valence-corrected chi connectivity index (χ3v) is 5.33. The first-order chi connectivity index (χ1) is 13.2. The zero-order valence-electron chi connectivity index (χ0n) is 18.1. The number of nitrogens with zero attached hydrogens (tertiary/aromatic N) is 2. The Morgan fingerprint density at radius 3 is 2.43 bits per heavy atom. The Hall–Kier alpha value is -2.62. The zero-order valence-corrected chi connectivity index (χ0v) is 18.1. The Bertz CT molecular complexity index is 858. The third-order valence-electron chi connectivity index (χ3n) is 5.33. The number of hydrogen-bond donors (Lipinski definition) is 0. The summed E-state index contributed by atoms with van der Waals surface area (Å²) in [6, 6.07) is 12.1. The Labute approximate surface area is 169 Å². The molecule has 0 heterocycles. The molecule has 0 spiro atoms. The van der Waals surface area contributed by atoms with Crippen molar-refractivity contribution < 1.29 is 9.53 Å². The van der Waals surface area contributed by atoms with Crippen LogP contribution in [0.1, 0.15) is 59.3 Å². The van der Waals surface area contributed by atoms with Gasteiger partial charge in [0.25, 0.3) is 0 Å². The quantitative estimate of drug-likeness (QED) is 0.358. The first-order valence-corrected chi connectivity index (χ1v) is 9.86. The molecule has 150 valence electrons. The summed E-state index contributed by atoms with van der Waals surface area (Å²) in [5.74, 6) is -0.158. The number of rotatable bonds is 7. The fraction of sp³-hybridized carbons (Fsp3) is 0.417. The van der Waals surface area contributed by atoms with E-state index in [0.717, 1.165) is 23.4 Å². The zero-order chi connectivity index (χ0) is 20.8. The van der Waals surface area contributed by atoms with Gasteiger partial charge in [-0.25, -0.2) is 9.79 Å². The maximum atomic E-state index is 12.8. The van der Waals surface area contributed by atoms with Crippen LogP contribution in [-0.4, -0.2) is 36.9 Å². The third kappa shape index (κ3) is 5.22. The fourth-order valence-corrected chi connectivity index (χ4v) is 3.09. The molecule has 0 aliphatic carbocycles. The standard InChI is InChI=1S/C24H32N2O2/c1-8-26(7)15-25-23-14-17(3)22(13-18(23)4)24(27)28-20(6)19(5)21-12-10-9-11-16(21)2/h9-15,19-20H,8H2,1-7H3/b25-15+/t19-,20+/m0/s1. The van der Waals surface area contributed by atoms with Crippen LogP contribution in [0.2, 0.25) is 0 Å². The van der Waals surface area contributed by atoms with E-state index in [2.05, 4.69) is 37.9 Å². The van der Waals surface area contributed by atoms with Crippen LogP contribution in [-0.2, 0) is 4.74 Å². The summed E-state index contributed by atoms with van der Waals surface area (Å²) in [6.07, 6.45) is 1.59. The molecule has 2 atom stereocenters. The average molecular weight is 381 g/mol. The minimum atomic E-state index is -0.283. The van der Waals surface area contributed by atoms with E-state index in [-0.39, 0.29) is 18.0 Å². The van der Waals surface area contributed by atoms with Gasteiger partial charge in [0.15, 0.2) is 0 Å². The van der Waals surface area contributed by atoms with Crippen LogP contribution in [0.25, 0.3) is 0 Å². The molecule has 4 nitrogen and oxygen atoms in total. The van der Waals surface area contributed by atoms with Gasteiger partial charge in [-0.2, -0.15) is 0 Å². The number of carbonyl (C=O) groups is 1. The molecule has 0 saturated carbocycles. The van der Waals surface area contributed by atoms with Gasteiger partial charge in [0, 0.05) is 19.5 Å². The number of benzene rings is 2. The van der Waals surface area contributed by atoms with Gasteiger partial charge >= 0.3 is 5.97 Å². The molecular formula is C24H32N2O2. The van der Waals surface area contributed by atoms with Crippen LogP contribution < -0.4 is 0 Å². The summed E-state index contributed by atoms with van der Waals surface area (Å²) in [6.45, 7) is 13.0. The molecule has 2 rings (SSSR count). The van der Waals surface area contributed by atoms with Crippen molar-refractivity contribution >= 4 is 18.0 Å². The number of aliphatic imine (C=N–C) groups is 1. The van der Waals surface area contributed by atoms with Gasteiger partial charge < -0.3 is 9.64 Å². The second kappa shape index (κ2) is 9.54. The van der Waals surface area contributed by atoms with E-state index in [1.54, 1.807) is 0 Å². The van der Waals surface area contributed by atoms with Gasteiger partial charge in [-0.05, 0) is 69.0 Å². The number of esters is 1. The van der Waals surface area contributed by atoms with Gasteiger partial charge in [0.2, 0.25) is 0 Å².